The molecule has 0 radical (unpaired) electrons. The van der Waals surface area contributed by atoms with Gasteiger partial charge in [0.15, 0.2) is 0 Å². The van der Waals surface area contributed by atoms with E-state index in [9.17, 15) is 4.79 Å². The maximum absolute atomic E-state index is 10.6. The fourth-order valence-electron chi connectivity index (χ4n) is 1.50. The van der Waals surface area contributed by atoms with E-state index in [1.807, 2.05) is 0 Å². The number of carboxylic acids is 1. The first-order valence-corrected chi connectivity index (χ1v) is 3.79. The minimum absolute atomic E-state index is 0.477. The first kappa shape index (κ1) is 8.55. The van der Waals surface area contributed by atoms with Gasteiger partial charge in [-0.05, 0) is 26.2 Å². The molecule has 0 bridgehead atoms. The quantitative estimate of drug-likeness (QED) is 0.537. The summed E-state index contributed by atoms with van der Waals surface area (Å²) >= 11 is 0. The molecule has 1 heterocycles. The smallest absolute Gasteiger partial charge is 0.377 e. The molecule has 1 saturated heterocycles. The Bertz CT molecular complexity index is 162. The standard InChI is InChI=1S/C6H12BNO3/c1-7(11)8-4-2-3-5(8)6(9)10/h5,11H,2-4H2,1H3,(H,9,10)/t5-/m1/s1. The van der Waals surface area contributed by atoms with Crippen LogP contribution in [0.2, 0.25) is 6.82 Å². The van der Waals surface area contributed by atoms with Crippen molar-refractivity contribution in [3.8, 4) is 0 Å². The van der Waals surface area contributed by atoms with E-state index < -0.39 is 19.1 Å². The lowest BCUT2D eigenvalue weighted by Gasteiger charge is -2.21. The third-order valence-electron chi connectivity index (χ3n) is 2.06. The number of hydrogen-bond acceptors (Lipinski definition) is 3. The van der Waals surface area contributed by atoms with Gasteiger partial charge < -0.3 is 14.9 Å². The maximum atomic E-state index is 10.6. The van der Waals surface area contributed by atoms with Crippen LogP contribution in [0.25, 0.3) is 0 Å². The molecule has 4 nitrogen and oxygen atoms in total. The Morgan fingerprint density at radius 2 is 2.36 bits per heavy atom. The molecule has 2 N–H and O–H groups in total. The topological polar surface area (TPSA) is 60.8 Å². The van der Waals surface area contributed by atoms with Crippen molar-refractivity contribution in [2.45, 2.75) is 25.7 Å². The molecular weight excluding hydrogens is 145 g/mol. The molecule has 5 heteroatoms. The van der Waals surface area contributed by atoms with Gasteiger partial charge in [0.25, 0.3) is 0 Å². The Kier molecular flexibility index (Phi) is 2.51. The van der Waals surface area contributed by atoms with Crippen molar-refractivity contribution in [3.05, 3.63) is 0 Å². The average molecular weight is 157 g/mol. The van der Waals surface area contributed by atoms with E-state index in [4.69, 9.17) is 10.1 Å². The first-order chi connectivity index (χ1) is 5.13. The van der Waals surface area contributed by atoms with Crippen molar-refractivity contribution in [2.24, 2.45) is 0 Å². The van der Waals surface area contributed by atoms with Crippen LogP contribution in [-0.2, 0) is 4.79 Å². The van der Waals surface area contributed by atoms with Gasteiger partial charge in [0.1, 0.15) is 6.04 Å². The van der Waals surface area contributed by atoms with Gasteiger partial charge in [0, 0.05) is 0 Å². The lowest BCUT2D eigenvalue weighted by Crippen LogP contribution is -2.44. The fraction of sp³-hybridized carbons (Fsp3) is 0.833. The molecule has 0 aromatic carbocycles. The van der Waals surface area contributed by atoms with Crippen LogP contribution in [0.5, 0.6) is 0 Å². The maximum Gasteiger partial charge on any atom is 0.377 e. The number of nitrogens with zero attached hydrogens (tertiary/aromatic N) is 1. The van der Waals surface area contributed by atoms with Crippen LogP contribution >= 0.6 is 0 Å². The minimum atomic E-state index is -0.830. The molecule has 1 rings (SSSR count). The van der Waals surface area contributed by atoms with Gasteiger partial charge >= 0.3 is 13.0 Å². The number of rotatable bonds is 2. The molecule has 0 aromatic rings. The summed E-state index contributed by atoms with van der Waals surface area (Å²) in [5.74, 6) is -0.830. The normalized spacial score (nSPS) is 25.5. The predicted octanol–water partition coefficient (Wildman–Crippen LogP) is -0.354. The third-order valence-corrected chi connectivity index (χ3v) is 2.06. The summed E-state index contributed by atoms with van der Waals surface area (Å²) in [6.07, 6.45) is 1.52. The number of hydrogen-bond donors (Lipinski definition) is 2. The molecule has 0 spiro atoms. The van der Waals surface area contributed by atoms with Crippen LogP contribution in [-0.4, -0.2) is 40.5 Å². The largest absolute Gasteiger partial charge is 0.480 e. The zero-order valence-corrected chi connectivity index (χ0v) is 6.53. The molecule has 1 aliphatic heterocycles. The van der Waals surface area contributed by atoms with Crippen molar-refractivity contribution >= 4 is 13.0 Å². The van der Waals surface area contributed by atoms with Gasteiger partial charge in [-0.15, -0.1) is 0 Å². The van der Waals surface area contributed by atoms with Gasteiger partial charge in [0.05, 0.1) is 0 Å². The predicted molar refractivity (Wildman–Crippen MR) is 41.2 cm³/mol. The molecule has 1 fully saturated rings. The van der Waals surface area contributed by atoms with E-state index in [1.54, 1.807) is 11.6 Å². The fourth-order valence-corrected chi connectivity index (χ4v) is 1.50. The molecule has 0 aromatic heterocycles. The highest BCUT2D eigenvalue weighted by Crippen LogP contribution is 2.17. The van der Waals surface area contributed by atoms with Gasteiger partial charge in [-0.3, -0.25) is 4.79 Å². The second-order valence-corrected chi connectivity index (χ2v) is 2.87. The van der Waals surface area contributed by atoms with Crippen LogP contribution < -0.4 is 0 Å². The van der Waals surface area contributed by atoms with Crippen molar-refractivity contribution in [1.29, 1.82) is 0 Å². The highest BCUT2D eigenvalue weighted by molar-refractivity contribution is 6.45. The van der Waals surface area contributed by atoms with Crippen LogP contribution in [0.4, 0.5) is 0 Å². The third kappa shape index (κ3) is 1.72. The van der Waals surface area contributed by atoms with Crippen molar-refractivity contribution in [3.63, 3.8) is 0 Å². The van der Waals surface area contributed by atoms with E-state index in [0.29, 0.717) is 13.0 Å². The molecule has 0 amide bonds. The van der Waals surface area contributed by atoms with Crippen LogP contribution in [0.3, 0.4) is 0 Å². The Balaban J connectivity index is 2.58. The summed E-state index contributed by atoms with van der Waals surface area (Å²) in [7, 11) is -0.640. The Labute approximate surface area is 65.9 Å². The number of aliphatic carboxylic acids is 1. The molecule has 1 aliphatic rings. The lowest BCUT2D eigenvalue weighted by molar-refractivity contribution is -0.140. The molecule has 1 atom stereocenters. The summed E-state index contributed by atoms with van der Waals surface area (Å²) in [5, 5.41) is 17.8. The molecule has 11 heavy (non-hydrogen) atoms. The monoisotopic (exact) mass is 157 g/mol. The SMILES string of the molecule is CB(O)N1CCC[C@@H]1C(=O)O. The van der Waals surface area contributed by atoms with E-state index in [2.05, 4.69) is 0 Å². The van der Waals surface area contributed by atoms with Crippen LogP contribution in [0.1, 0.15) is 12.8 Å². The first-order valence-electron chi connectivity index (χ1n) is 3.79. The summed E-state index contributed by atoms with van der Waals surface area (Å²) in [6.45, 7) is 2.29. The van der Waals surface area contributed by atoms with Gasteiger partial charge in [-0.25, -0.2) is 0 Å². The van der Waals surface area contributed by atoms with Crippen molar-refractivity contribution < 1.29 is 14.9 Å². The lowest BCUT2D eigenvalue weighted by atomic mass is 9.84. The summed E-state index contributed by atoms with van der Waals surface area (Å²) in [5.41, 5.74) is 0. The summed E-state index contributed by atoms with van der Waals surface area (Å²) in [4.78, 5) is 12.2. The highest BCUT2D eigenvalue weighted by Gasteiger charge is 2.34. The molecule has 0 saturated carbocycles. The van der Waals surface area contributed by atoms with E-state index in [1.165, 1.54) is 0 Å². The molecule has 0 unspecified atom stereocenters. The minimum Gasteiger partial charge on any atom is -0.480 e. The van der Waals surface area contributed by atoms with Gasteiger partial charge in [0.2, 0.25) is 0 Å². The van der Waals surface area contributed by atoms with Crippen LogP contribution in [0.15, 0.2) is 0 Å². The Morgan fingerprint density at radius 1 is 1.73 bits per heavy atom. The van der Waals surface area contributed by atoms with Gasteiger partial charge in [-0.2, -0.15) is 0 Å². The molecule has 0 aliphatic carbocycles. The number of carboxylic acid groups (broad SMARTS) is 1. The molecule has 62 valence electrons. The molecular formula is C6H12BNO3. The average Bonchev–Trinajstić information content (AvgIpc) is 2.32. The van der Waals surface area contributed by atoms with Crippen molar-refractivity contribution in [1.82, 2.24) is 4.81 Å². The highest BCUT2D eigenvalue weighted by atomic mass is 16.4. The second kappa shape index (κ2) is 3.23. The van der Waals surface area contributed by atoms with E-state index >= 15 is 0 Å². The van der Waals surface area contributed by atoms with E-state index in [0.717, 1.165) is 6.42 Å². The summed E-state index contributed by atoms with van der Waals surface area (Å²) < 4.78 is 0. The van der Waals surface area contributed by atoms with Gasteiger partial charge in [-0.1, -0.05) is 0 Å². The van der Waals surface area contributed by atoms with Crippen LogP contribution in [0, 0.1) is 0 Å². The van der Waals surface area contributed by atoms with Crippen molar-refractivity contribution in [2.75, 3.05) is 6.54 Å². The Hall–Kier alpha value is -0.545. The zero-order chi connectivity index (χ0) is 8.43. The summed E-state index contributed by atoms with van der Waals surface area (Å²) in [6, 6.07) is -0.477. The number of carbonyl (C=O) groups is 1. The zero-order valence-electron chi connectivity index (χ0n) is 6.53. The Morgan fingerprint density at radius 3 is 2.73 bits per heavy atom. The van der Waals surface area contributed by atoms with E-state index in [-0.39, 0.29) is 0 Å². The second-order valence-electron chi connectivity index (χ2n) is 2.87.